The minimum Gasteiger partial charge on any atom is -0.375 e. The van der Waals surface area contributed by atoms with Gasteiger partial charge in [-0.3, -0.25) is 4.79 Å². The number of nitrogens with zero attached hydrogens (tertiary/aromatic N) is 1. The molecule has 1 saturated heterocycles. The number of amides is 1. The summed E-state index contributed by atoms with van der Waals surface area (Å²) >= 11 is 7.54. The zero-order chi connectivity index (χ0) is 18.0. The summed E-state index contributed by atoms with van der Waals surface area (Å²) in [7, 11) is 0. The van der Waals surface area contributed by atoms with Crippen LogP contribution in [0.15, 0.2) is 24.3 Å². The van der Waals surface area contributed by atoms with Crippen LogP contribution in [-0.4, -0.2) is 36.2 Å². The van der Waals surface area contributed by atoms with Gasteiger partial charge < -0.3 is 15.4 Å². The molecule has 0 bridgehead atoms. The highest BCUT2D eigenvalue weighted by Crippen LogP contribution is 2.32. The van der Waals surface area contributed by atoms with E-state index in [1.165, 1.54) is 0 Å². The Hall–Kier alpha value is -1.47. The van der Waals surface area contributed by atoms with Crippen LogP contribution in [0.25, 0.3) is 10.6 Å². The monoisotopic (exact) mass is 379 g/mol. The van der Waals surface area contributed by atoms with Gasteiger partial charge in [0.1, 0.15) is 11.0 Å². The smallest absolute Gasteiger partial charge is 0.240 e. The van der Waals surface area contributed by atoms with Crippen molar-refractivity contribution in [3.8, 4) is 10.6 Å². The van der Waals surface area contributed by atoms with Crippen LogP contribution >= 0.6 is 22.9 Å². The highest BCUT2D eigenvalue weighted by Gasteiger charge is 2.29. The van der Waals surface area contributed by atoms with E-state index in [2.05, 4.69) is 15.6 Å². The third-order valence-corrected chi connectivity index (χ3v) is 5.92. The van der Waals surface area contributed by atoms with Crippen LogP contribution in [0.1, 0.15) is 30.5 Å². The summed E-state index contributed by atoms with van der Waals surface area (Å²) in [6.07, 6.45) is -0.131. The predicted octanol–water partition coefficient (Wildman–Crippen LogP) is 3.33. The minimum atomic E-state index is -0.319. The van der Waals surface area contributed by atoms with Gasteiger partial charge in [-0.1, -0.05) is 23.7 Å². The van der Waals surface area contributed by atoms with Gasteiger partial charge in [0.25, 0.3) is 0 Å². The van der Waals surface area contributed by atoms with Gasteiger partial charge in [0.15, 0.2) is 0 Å². The second-order valence-corrected chi connectivity index (χ2v) is 7.68. The lowest BCUT2D eigenvalue weighted by atomic mass is 10.1. The van der Waals surface area contributed by atoms with Crippen LogP contribution in [0.3, 0.4) is 0 Å². The van der Waals surface area contributed by atoms with Crippen LogP contribution in [0.4, 0.5) is 0 Å². The molecule has 2 aromatic rings. The molecule has 1 aliphatic heterocycles. The average molecular weight is 380 g/mol. The number of carbonyl (C=O) groups is 1. The Morgan fingerprint density at radius 1 is 1.44 bits per heavy atom. The van der Waals surface area contributed by atoms with E-state index < -0.39 is 0 Å². The first-order valence-electron chi connectivity index (χ1n) is 8.34. The zero-order valence-electron chi connectivity index (χ0n) is 14.5. The summed E-state index contributed by atoms with van der Waals surface area (Å²) in [5, 5.41) is 7.93. The third-order valence-electron chi connectivity index (χ3n) is 4.27. The van der Waals surface area contributed by atoms with Gasteiger partial charge in [-0.2, -0.15) is 0 Å². The van der Waals surface area contributed by atoms with Crippen molar-refractivity contribution in [3.05, 3.63) is 39.9 Å². The molecule has 0 spiro atoms. The quantitative estimate of drug-likeness (QED) is 0.855. The maximum absolute atomic E-state index is 12.5. The molecular formula is C18H22ClN3O2S. The molecular weight excluding hydrogens is 358 g/mol. The van der Waals surface area contributed by atoms with Gasteiger partial charge in [-0.15, -0.1) is 11.3 Å². The van der Waals surface area contributed by atoms with E-state index in [1.54, 1.807) is 11.3 Å². The molecule has 1 aromatic heterocycles. The number of hydrogen-bond acceptors (Lipinski definition) is 5. The number of ether oxygens (including phenoxy) is 1. The van der Waals surface area contributed by atoms with E-state index in [0.29, 0.717) is 18.2 Å². The van der Waals surface area contributed by atoms with Gasteiger partial charge in [0, 0.05) is 17.1 Å². The topological polar surface area (TPSA) is 63.2 Å². The lowest BCUT2D eigenvalue weighted by Crippen LogP contribution is -2.55. The molecule has 134 valence electrons. The Kier molecular flexibility index (Phi) is 5.74. The van der Waals surface area contributed by atoms with E-state index in [0.717, 1.165) is 21.1 Å². The van der Waals surface area contributed by atoms with E-state index in [1.807, 2.05) is 45.0 Å². The number of benzene rings is 1. The molecule has 1 amide bonds. The first-order valence-corrected chi connectivity index (χ1v) is 9.54. The van der Waals surface area contributed by atoms with Crippen molar-refractivity contribution in [1.82, 2.24) is 15.6 Å². The SMILES string of the molecule is Cc1nc(-c2ccc(Cl)cc2)sc1C(C)NC(=O)[C@H]1NCCO[C@@H]1C. The lowest BCUT2D eigenvalue weighted by molar-refractivity contribution is -0.129. The Bertz CT molecular complexity index is 747. The molecule has 2 N–H and O–H groups in total. The summed E-state index contributed by atoms with van der Waals surface area (Å²) in [6.45, 7) is 7.20. The molecule has 1 unspecified atom stereocenters. The normalized spacial score (nSPS) is 21.8. The van der Waals surface area contributed by atoms with E-state index in [-0.39, 0.29) is 24.1 Å². The number of nitrogens with one attached hydrogen (secondary N) is 2. The van der Waals surface area contributed by atoms with Crippen molar-refractivity contribution in [2.75, 3.05) is 13.2 Å². The zero-order valence-corrected chi connectivity index (χ0v) is 16.1. The number of carbonyl (C=O) groups excluding carboxylic acids is 1. The van der Waals surface area contributed by atoms with Crippen molar-refractivity contribution < 1.29 is 9.53 Å². The number of hydrogen-bond donors (Lipinski definition) is 2. The number of thiazole rings is 1. The third kappa shape index (κ3) is 4.20. The maximum Gasteiger partial charge on any atom is 0.240 e. The largest absolute Gasteiger partial charge is 0.375 e. The van der Waals surface area contributed by atoms with E-state index >= 15 is 0 Å². The number of aromatic nitrogens is 1. The van der Waals surface area contributed by atoms with Crippen molar-refractivity contribution in [2.24, 2.45) is 0 Å². The number of halogens is 1. The van der Waals surface area contributed by atoms with Crippen LogP contribution in [-0.2, 0) is 9.53 Å². The summed E-state index contributed by atoms with van der Waals surface area (Å²) in [6, 6.07) is 7.20. The van der Waals surface area contributed by atoms with Crippen molar-refractivity contribution in [1.29, 1.82) is 0 Å². The fraction of sp³-hybridized carbons (Fsp3) is 0.444. The number of morpholine rings is 1. The Morgan fingerprint density at radius 2 is 2.16 bits per heavy atom. The predicted molar refractivity (Wildman–Crippen MR) is 101 cm³/mol. The standard InChI is InChI=1S/C18H22ClN3O2S/c1-10(21-17(23)15-12(3)24-9-8-20-15)16-11(2)22-18(25-16)13-4-6-14(19)7-5-13/h4-7,10,12,15,20H,8-9H2,1-3H3,(H,21,23)/t10?,12-,15+/m1/s1. The van der Waals surface area contributed by atoms with E-state index in [4.69, 9.17) is 16.3 Å². The molecule has 1 aliphatic rings. The molecule has 0 aliphatic carbocycles. The molecule has 25 heavy (non-hydrogen) atoms. The molecule has 5 nitrogen and oxygen atoms in total. The molecule has 2 heterocycles. The molecule has 0 saturated carbocycles. The molecule has 1 fully saturated rings. The molecule has 0 radical (unpaired) electrons. The Labute approximate surface area is 156 Å². The van der Waals surface area contributed by atoms with E-state index in [9.17, 15) is 4.79 Å². The first kappa shape index (κ1) is 18.3. The number of aryl methyl sites for hydroxylation is 1. The lowest BCUT2D eigenvalue weighted by Gasteiger charge is -2.30. The van der Waals surface area contributed by atoms with Crippen molar-refractivity contribution in [2.45, 2.75) is 39.0 Å². The second-order valence-electron chi connectivity index (χ2n) is 6.21. The molecule has 1 aromatic carbocycles. The Balaban J connectivity index is 1.72. The molecule has 3 atom stereocenters. The van der Waals surface area contributed by atoms with Crippen LogP contribution in [0, 0.1) is 6.92 Å². The van der Waals surface area contributed by atoms with Crippen LogP contribution in [0.2, 0.25) is 5.02 Å². The average Bonchev–Trinajstić information content (AvgIpc) is 2.97. The van der Waals surface area contributed by atoms with Gasteiger partial charge in [-0.05, 0) is 32.9 Å². The first-order chi connectivity index (χ1) is 12.0. The molecule has 3 rings (SSSR count). The van der Waals surface area contributed by atoms with Crippen LogP contribution in [0.5, 0.6) is 0 Å². The van der Waals surface area contributed by atoms with Gasteiger partial charge in [-0.25, -0.2) is 4.98 Å². The summed E-state index contributed by atoms with van der Waals surface area (Å²) < 4.78 is 5.55. The fourth-order valence-electron chi connectivity index (χ4n) is 2.92. The number of rotatable bonds is 4. The summed E-state index contributed by atoms with van der Waals surface area (Å²) in [5.74, 6) is -0.0412. The highest BCUT2D eigenvalue weighted by atomic mass is 35.5. The van der Waals surface area contributed by atoms with Crippen molar-refractivity contribution in [3.63, 3.8) is 0 Å². The van der Waals surface area contributed by atoms with Crippen LogP contribution < -0.4 is 10.6 Å². The minimum absolute atomic E-state index is 0.0412. The summed E-state index contributed by atoms with van der Waals surface area (Å²) in [5.41, 5.74) is 1.96. The van der Waals surface area contributed by atoms with Gasteiger partial charge in [0.05, 0.1) is 29.3 Å². The fourth-order valence-corrected chi connectivity index (χ4v) is 4.12. The van der Waals surface area contributed by atoms with Crippen molar-refractivity contribution >= 4 is 28.8 Å². The van der Waals surface area contributed by atoms with Gasteiger partial charge >= 0.3 is 0 Å². The highest BCUT2D eigenvalue weighted by molar-refractivity contribution is 7.15. The van der Waals surface area contributed by atoms with Gasteiger partial charge in [0.2, 0.25) is 5.91 Å². The summed E-state index contributed by atoms with van der Waals surface area (Å²) in [4.78, 5) is 18.2. The molecule has 7 heteroatoms. The maximum atomic E-state index is 12.5. The second kappa shape index (κ2) is 7.83. The Morgan fingerprint density at radius 3 is 2.84 bits per heavy atom.